The molecule has 0 fully saturated rings. The molecule has 0 aliphatic carbocycles. The largest absolute Gasteiger partial charge is 0.444 e. The Hall–Kier alpha value is -1.63. The first-order valence-corrected chi connectivity index (χ1v) is 7.63. The van der Waals surface area contributed by atoms with E-state index in [2.05, 4.69) is 22.3 Å². The maximum absolute atomic E-state index is 11.7. The number of aromatic nitrogens is 3. The van der Waals surface area contributed by atoms with Crippen LogP contribution in [0.15, 0.2) is 6.33 Å². The molecule has 1 aromatic rings. The molecule has 0 aromatic carbocycles. The third-order valence-electron chi connectivity index (χ3n) is 3.16. The third-order valence-corrected chi connectivity index (χ3v) is 3.16. The number of alkyl carbamates (subject to hydrolysis) is 1. The van der Waals surface area contributed by atoms with E-state index in [1.165, 1.54) is 6.33 Å². The molecule has 126 valence electrons. The summed E-state index contributed by atoms with van der Waals surface area (Å²) in [7, 11) is 0. The lowest BCUT2D eigenvalue weighted by Gasteiger charge is -2.28. The number of ether oxygens (including phenoxy) is 1. The number of aliphatic hydroxyl groups is 1. The van der Waals surface area contributed by atoms with Crippen molar-refractivity contribution in [1.82, 2.24) is 20.1 Å². The minimum atomic E-state index is -0.541. The predicted octanol–water partition coefficient (Wildman–Crippen LogP) is 1.75. The lowest BCUT2D eigenvalue weighted by atomic mass is 9.87. The summed E-state index contributed by atoms with van der Waals surface area (Å²) >= 11 is 0. The Kier molecular flexibility index (Phi) is 6.34. The molecular weight excluding hydrogens is 284 g/mol. The van der Waals surface area contributed by atoms with Crippen LogP contribution >= 0.6 is 0 Å². The highest BCUT2D eigenvalue weighted by atomic mass is 16.6. The number of aliphatic hydroxyl groups excluding tert-OH is 1. The number of hydrogen-bond donors (Lipinski definition) is 2. The van der Waals surface area contributed by atoms with E-state index >= 15 is 0 Å². The van der Waals surface area contributed by atoms with Crippen molar-refractivity contribution in [2.45, 2.75) is 59.6 Å². The minimum Gasteiger partial charge on any atom is -0.444 e. The zero-order valence-corrected chi connectivity index (χ0v) is 14.2. The molecular formula is C15H28N4O3. The molecule has 1 rings (SSSR count). The maximum Gasteiger partial charge on any atom is 0.407 e. The average Bonchev–Trinajstić information content (AvgIpc) is 2.82. The molecule has 7 heteroatoms. The Bertz CT molecular complexity index is 481. The molecule has 7 nitrogen and oxygen atoms in total. The molecule has 0 aliphatic rings. The van der Waals surface area contributed by atoms with E-state index < -0.39 is 17.1 Å². The first kappa shape index (κ1) is 18.4. The van der Waals surface area contributed by atoms with Crippen molar-refractivity contribution < 1.29 is 14.6 Å². The van der Waals surface area contributed by atoms with Crippen LogP contribution in [0.1, 0.15) is 46.9 Å². The fourth-order valence-corrected chi connectivity index (χ4v) is 1.98. The van der Waals surface area contributed by atoms with Gasteiger partial charge in [0.1, 0.15) is 17.8 Å². The van der Waals surface area contributed by atoms with Crippen LogP contribution in [0.3, 0.4) is 0 Å². The van der Waals surface area contributed by atoms with Gasteiger partial charge in [0.05, 0.1) is 6.61 Å². The van der Waals surface area contributed by atoms with E-state index in [0.717, 1.165) is 18.8 Å². The predicted molar refractivity (Wildman–Crippen MR) is 83.4 cm³/mol. The summed E-state index contributed by atoms with van der Waals surface area (Å²) in [6.07, 6.45) is 2.52. The summed E-state index contributed by atoms with van der Waals surface area (Å²) in [6, 6.07) is 0. The average molecular weight is 312 g/mol. The highest BCUT2D eigenvalue weighted by molar-refractivity contribution is 5.67. The Labute approximate surface area is 132 Å². The zero-order chi connectivity index (χ0) is 16.8. The fraction of sp³-hybridized carbons (Fsp3) is 0.800. The highest BCUT2D eigenvalue weighted by Gasteiger charge is 2.28. The zero-order valence-electron chi connectivity index (χ0n) is 14.2. The van der Waals surface area contributed by atoms with Crippen LogP contribution in [0, 0.1) is 5.41 Å². The Balaban J connectivity index is 2.64. The van der Waals surface area contributed by atoms with Gasteiger partial charge in [-0.1, -0.05) is 13.8 Å². The van der Waals surface area contributed by atoms with E-state index in [9.17, 15) is 9.90 Å². The van der Waals surface area contributed by atoms with Gasteiger partial charge in [-0.15, -0.1) is 0 Å². The number of nitrogens with zero attached hydrogens (tertiary/aromatic N) is 3. The minimum absolute atomic E-state index is 0.0677. The Morgan fingerprint density at radius 3 is 2.64 bits per heavy atom. The highest BCUT2D eigenvalue weighted by Crippen LogP contribution is 2.20. The van der Waals surface area contributed by atoms with Gasteiger partial charge in [0.15, 0.2) is 0 Å². The Morgan fingerprint density at radius 1 is 1.41 bits per heavy atom. The molecule has 1 aromatic heterocycles. The number of aryl methyl sites for hydroxylation is 1. The number of carbonyl (C=O) groups is 1. The van der Waals surface area contributed by atoms with Gasteiger partial charge >= 0.3 is 6.09 Å². The molecule has 0 radical (unpaired) electrons. The van der Waals surface area contributed by atoms with Crippen LogP contribution < -0.4 is 5.32 Å². The molecule has 0 saturated heterocycles. The van der Waals surface area contributed by atoms with Gasteiger partial charge in [-0.3, -0.25) is 4.68 Å². The third kappa shape index (κ3) is 6.01. The van der Waals surface area contributed by atoms with Gasteiger partial charge < -0.3 is 15.2 Å². The van der Waals surface area contributed by atoms with Gasteiger partial charge in [-0.05, 0) is 27.2 Å². The number of carbonyl (C=O) groups excluding carboxylic acids is 1. The summed E-state index contributed by atoms with van der Waals surface area (Å²) in [5, 5.41) is 16.6. The fourth-order valence-electron chi connectivity index (χ4n) is 1.98. The summed E-state index contributed by atoms with van der Waals surface area (Å²) in [6.45, 7) is 10.4. The number of hydrogen-bond acceptors (Lipinski definition) is 5. The second kappa shape index (κ2) is 7.58. The smallest absolute Gasteiger partial charge is 0.407 e. The van der Waals surface area contributed by atoms with E-state index in [1.54, 1.807) is 0 Å². The molecule has 2 N–H and O–H groups in total. The van der Waals surface area contributed by atoms with Crippen LogP contribution in [0.25, 0.3) is 0 Å². The van der Waals surface area contributed by atoms with Gasteiger partial charge in [-0.25, -0.2) is 9.78 Å². The van der Waals surface area contributed by atoms with Crippen molar-refractivity contribution in [2.24, 2.45) is 5.41 Å². The topological polar surface area (TPSA) is 89.3 Å². The molecule has 1 amide bonds. The van der Waals surface area contributed by atoms with E-state index in [1.807, 2.05) is 32.4 Å². The van der Waals surface area contributed by atoms with Crippen LogP contribution in [-0.2, 0) is 17.7 Å². The summed E-state index contributed by atoms with van der Waals surface area (Å²) in [4.78, 5) is 16.0. The maximum atomic E-state index is 11.7. The van der Waals surface area contributed by atoms with E-state index in [0.29, 0.717) is 13.0 Å². The SMILES string of the molecule is CCCn1ncnc1CC(C)(CO)CNC(=O)OC(C)(C)C. The molecule has 1 atom stereocenters. The first-order valence-electron chi connectivity index (χ1n) is 7.63. The second-order valence-corrected chi connectivity index (χ2v) is 6.90. The van der Waals surface area contributed by atoms with Crippen molar-refractivity contribution in [2.75, 3.05) is 13.2 Å². The molecule has 0 saturated carbocycles. The number of rotatable bonds is 7. The van der Waals surface area contributed by atoms with Gasteiger partial charge in [0.2, 0.25) is 0 Å². The van der Waals surface area contributed by atoms with Crippen molar-refractivity contribution >= 4 is 6.09 Å². The molecule has 0 aliphatic heterocycles. The number of nitrogens with one attached hydrogen (secondary N) is 1. The normalized spacial score (nSPS) is 14.5. The van der Waals surface area contributed by atoms with Gasteiger partial charge in [0.25, 0.3) is 0 Å². The van der Waals surface area contributed by atoms with Crippen molar-refractivity contribution in [3.8, 4) is 0 Å². The molecule has 0 bridgehead atoms. The monoisotopic (exact) mass is 312 g/mol. The lowest BCUT2D eigenvalue weighted by Crippen LogP contribution is -2.42. The summed E-state index contributed by atoms with van der Waals surface area (Å²) in [5.74, 6) is 0.810. The van der Waals surface area contributed by atoms with Crippen LogP contribution in [0.5, 0.6) is 0 Å². The van der Waals surface area contributed by atoms with E-state index in [4.69, 9.17) is 4.74 Å². The van der Waals surface area contributed by atoms with Crippen LogP contribution in [0.2, 0.25) is 0 Å². The van der Waals surface area contributed by atoms with Crippen molar-refractivity contribution in [1.29, 1.82) is 0 Å². The number of amides is 1. The Morgan fingerprint density at radius 2 is 2.09 bits per heavy atom. The van der Waals surface area contributed by atoms with Crippen molar-refractivity contribution in [3.05, 3.63) is 12.2 Å². The summed E-state index contributed by atoms with van der Waals surface area (Å²) in [5.41, 5.74) is -1.06. The van der Waals surface area contributed by atoms with Crippen molar-refractivity contribution in [3.63, 3.8) is 0 Å². The molecule has 1 unspecified atom stereocenters. The lowest BCUT2D eigenvalue weighted by molar-refractivity contribution is 0.0476. The van der Waals surface area contributed by atoms with Gasteiger partial charge in [0, 0.05) is 24.9 Å². The molecule has 1 heterocycles. The first-order chi connectivity index (χ1) is 10.2. The quantitative estimate of drug-likeness (QED) is 0.800. The second-order valence-electron chi connectivity index (χ2n) is 6.90. The molecule has 22 heavy (non-hydrogen) atoms. The van der Waals surface area contributed by atoms with E-state index in [-0.39, 0.29) is 6.61 Å². The standard InChI is InChI=1S/C15H28N4O3/c1-6-7-19-12(17-11-18-19)8-15(5,10-20)9-16-13(21)22-14(2,3)4/h11,20H,6-10H2,1-5H3,(H,16,21). The summed E-state index contributed by atoms with van der Waals surface area (Å²) < 4.78 is 7.04. The van der Waals surface area contributed by atoms with Crippen LogP contribution in [-0.4, -0.2) is 44.7 Å². The van der Waals surface area contributed by atoms with Crippen LogP contribution in [0.4, 0.5) is 4.79 Å². The van der Waals surface area contributed by atoms with Gasteiger partial charge in [-0.2, -0.15) is 5.10 Å². The molecule has 0 spiro atoms.